The van der Waals surface area contributed by atoms with Crippen LogP contribution in [-0.2, 0) is 14.9 Å². The lowest BCUT2D eigenvalue weighted by molar-refractivity contribution is -0.136. The quantitative estimate of drug-likeness (QED) is 0.381. The van der Waals surface area contributed by atoms with E-state index in [9.17, 15) is 4.79 Å². The number of hydrogen-bond donors (Lipinski definition) is 1. The van der Waals surface area contributed by atoms with Crippen molar-refractivity contribution in [3.8, 4) is 0 Å². The summed E-state index contributed by atoms with van der Waals surface area (Å²) in [5.41, 5.74) is 2.94. The normalized spacial score (nSPS) is 12.3. The molecule has 0 aliphatic rings. The third-order valence-electron chi connectivity index (χ3n) is 5.06. The van der Waals surface area contributed by atoms with Gasteiger partial charge in [-0.25, -0.2) is 4.98 Å². The largest absolute Gasteiger partial charge is 0.456 e. The van der Waals surface area contributed by atoms with Crippen molar-refractivity contribution in [1.29, 1.82) is 0 Å². The molecule has 0 saturated carbocycles. The molecule has 4 aromatic rings. The van der Waals surface area contributed by atoms with Crippen molar-refractivity contribution in [1.82, 2.24) is 9.97 Å². The highest BCUT2D eigenvalue weighted by Gasteiger charge is 2.47. The zero-order valence-electron chi connectivity index (χ0n) is 15.2. The Balaban J connectivity index is 2.10. The second kappa shape index (κ2) is 7.92. The molecular formula is C24H20N2O2. The molecular weight excluding hydrogens is 348 g/mol. The number of benzene rings is 3. The van der Waals surface area contributed by atoms with Gasteiger partial charge in [0.25, 0.3) is 6.47 Å². The van der Waals surface area contributed by atoms with Gasteiger partial charge in [0.1, 0.15) is 5.69 Å². The third kappa shape index (κ3) is 2.99. The van der Waals surface area contributed by atoms with E-state index in [1.807, 2.05) is 54.6 Å². The van der Waals surface area contributed by atoms with E-state index in [0.717, 1.165) is 16.7 Å². The molecule has 3 aromatic carbocycles. The highest BCUT2D eigenvalue weighted by Crippen LogP contribution is 2.49. The first kappa shape index (κ1) is 17.7. The molecule has 1 heterocycles. The summed E-state index contributed by atoms with van der Waals surface area (Å²) in [6.07, 6.45) is 2.73. The standard InChI is InChI=1S/C24H20N2O2/c27-18-28-23(22-16-25-17-26-22)24(19-10-4-1-5-11-19,20-12-6-2-7-13-20)21-14-8-3-9-15-21/h1-18,23H,(H,25,26). The first-order chi connectivity index (χ1) is 13.9. The molecule has 1 aromatic heterocycles. The maximum absolute atomic E-state index is 11.6. The van der Waals surface area contributed by atoms with Crippen LogP contribution in [0.5, 0.6) is 0 Å². The van der Waals surface area contributed by atoms with Crippen molar-refractivity contribution in [2.75, 3.05) is 0 Å². The fraction of sp³-hybridized carbons (Fsp3) is 0.0833. The summed E-state index contributed by atoms with van der Waals surface area (Å²) >= 11 is 0. The van der Waals surface area contributed by atoms with Crippen LogP contribution in [0.25, 0.3) is 0 Å². The smallest absolute Gasteiger partial charge is 0.293 e. The first-order valence-electron chi connectivity index (χ1n) is 9.11. The van der Waals surface area contributed by atoms with Crippen LogP contribution < -0.4 is 0 Å². The molecule has 28 heavy (non-hydrogen) atoms. The van der Waals surface area contributed by atoms with Crippen molar-refractivity contribution in [3.05, 3.63) is 126 Å². The number of aromatic amines is 1. The molecule has 0 amide bonds. The number of hydrogen-bond acceptors (Lipinski definition) is 3. The second-order valence-electron chi connectivity index (χ2n) is 6.51. The topological polar surface area (TPSA) is 55.0 Å². The monoisotopic (exact) mass is 368 g/mol. The minimum Gasteiger partial charge on any atom is -0.456 e. The van der Waals surface area contributed by atoms with Gasteiger partial charge in [-0.3, -0.25) is 4.79 Å². The Morgan fingerprint density at radius 1 is 0.786 bits per heavy atom. The Labute approximate surface area is 163 Å². The molecule has 0 fully saturated rings. The van der Waals surface area contributed by atoms with Gasteiger partial charge in [0, 0.05) is 6.20 Å². The van der Waals surface area contributed by atoms with Gasteiger partial charge in [0.15, 0.2) is 6.10 Å². The number of H-pyrrole nitrogens is 1. The Hall–Kier alpha value is -3.66. The number of nitrogens with zero attached hydrogens (tertiary/aromatic N) is 1. The van der Waals surface area contributed by atoms with Crippen molar-refractivity contribution in [2.24, 2.45) is 0 Å². The maximum atomic E-state index is 11.6. The second-order valence-corrected chi connectivity index (χ2v) is 6.51. The Bertz CT molecular complexity index is 904. The summed E-state index contributed by atoms with van der Waals surface area (Å²) in [6, 6.07) is 30.3. The Kier molecular flexibility index (Phi) is 5.02. The predicted molar refractivity (Wildman–Crippen MR) is 108 cm³/mol. The van der Waals surface area contributed by atoms with E-state index < -0.39 is 11.5 Å². The fourth-order valence-corrected chi connectivity index (χ4v) is 3.92. The minimum atomic E-state index is -0.764. The van der Waals surface area contributed by atoms with Crippen LogP contribution in [0.1, 0.15) is 28.5 Å². The molecule has 138 valence electrons. The van der Waals surface area contributed by atoms with E-state index in [2.05, 4.69) is 46.4 Å². The van der Waals surface area contributed by atoms with Gasteiger partial charge in [-0.05, 0) is 16.7 Å². The number of ether oxygens (including phenoxy) is 1. The molecule has 0 spiro atoms. The zero-order chi connectivity index (χ0) is 19.2. The lowest BCUT2D eigenvalue weighted by Crippen LogP contribution is -2.38. The molecule has 4 rings (SSSR count). The average molecular weight is 368 g/mol. The summed E-state index contributed by atoms with van der Waals surface area (Å²) in [5, 5.41) is 0. The molecule has 1 atom stereocenters. The highest BCUT2D eigenvalue weighted by molar-refractivity contribution is 5.54. The van der Waals surface area contributed by atoms with Gasteiger partial charge in [-0.15, -0.1) is 0 Å². The number of rotatable bonds is 7. The average Bonchev–Trinajstić information content (AvgIpc) is 3.30. The summed E-state index contributed by atoms with van der Waals surface area (Å²) < 4.78 is 5.75. The van der Waals surface area contributed by atoms with Gasteiger partial charge >= 0.3 is 0 Å². The molecule has 1 N–H and O–H groups in total. The predicted octanol–water partition coefficient (Wildman–Crippen LogP) is 4.66. The van der Waals surface area contributed by atoms with E-state index in [1.54, 1.807) is 12.5 Å². The highest BCUT2D eigenvalue weighted by atomic mass is 16.5. The maximum Gasteiger partial charge on any atom is 0.293 e. The molecule has 0 aliphatic heterocycles. The lowest BCUT2D eigenvalue weighted by Gasteiger charge is -2.40. The van der Waals surface area contributed by atoms with Gasteiger partial charge in [-0.1, -0.05) is 91.0 Å². The van der Waals surface area contributed by atoms with Crippen LogP contribution in [-0.4, -0.2) is 16.4 Å². The van der Waals surface area contributed by atoms with E-state index in [4.69, 9.17) is 4.74 Å². The van der Waals surface area contributed by atoms with Crippen molar-refractivity contribution < 1.29 is 9.53 Å². The third-order valence-corrected chi connectivity index (χ3v) is 5.06. The molecule has 4 nitrogen and oxygen atoms in total. The number of imidazole rings is 1. The van der Waals surface area contributed by atoms with E-state index in [1.165, 1.54) is 0 Å². The van der Waals surface area contributed by atoms with Crippen molar-refractivity contribution in [2.45, 2.75) is 11.5 Å². The Morgan fingerprint density at radius 3 is 1.61 bits per heavy atom. The fourth-order valence-electron chi connectivity index (χ4n) is 3.92. The first-order valence-corrected chi connectivity index (χ1v) is 9.11. The van der Waals surface area contributed by atoms with Crippen LogP contribution in [0.3, 0.4) is 0 Å². The SMILES string of the molecule is O=COC(c1c[nH]cn1)C(c1ccccc1)(c1ccccc1)c1ccccc1. The molecule has 1 unspecified atom stereocenters. The lowest BCUT2D eigenvalue weighted by atomic mass is 9.65. The summed E-state index contributed by atoms with van der Waals surface area (Å²) in [7, 11) is 0. The molecule has 4 heteroatoms. The molecule has 0 saturated heterocycles. The van der Waals surface area contributed by atoms with Gasteiger partial charge in [-0.2, -0.15) is 0 Å². The molecule has 0 radical (unpaired) electrons. The van der Waals surface area contributed by atoms with Crippen LogP contribution in [0.2, 0.25) is 0 Å². The van der Waals surface area contributed by atoms with Gasteiger partial charge in [0.05, 0.1) is 11.7 Å². The van der Waals surface area contributed by atoms with Crippen molar-refractivity contribution >= 4 is 6.47 Å². The van der Waals surface area contributed by atoms with Crippen LogP contribution >= 0.6 is 0 Å². The van der Waals surface area contributed by atoms with Crippen LogP contribution in [0, 0.1) is 0 Å². The minimum absolute atomic E-state index is 0.503. The number of aromatic nitrogens is 2. The van der Waals surface area contributed by atoms with Crippen LogP contribution in [0.4, 0.5) is 0 Å². The van der Waals surface area contributed by atoms with E-state index >= 15 is 0 Å². The van der Waals surface area contributed by atoms with E-state index in [-0.39, 0.29) is 0 Å². The zero-order valence-corrected chi connectivity index (χ0v) is 15.2. The van der Waals surface area contributed by atoms with E-state index in [0.29, 0.717) is 12.2 Å². The summed E-state index contributed by atoms with van der Waals surface area (Å²) in [6.45, 7) is 0.503. The van der Waals surface area contributed by atoms with Crippen molar-refractivity contribution in [3.63, 3.8) is 0 Å². The molecule has 0 aliphatic carbocycles. The van der Waals surface area contributed by atoms with Gasteiger partial charge in [0.2, 0.25) is 0 Å². The number of carbonyl (C=O) groups excluding carboxylic acids is 1. The van der Waals surface area contributed by atoms with Crippen LogP contribution in [0.15, 0.2) is 104 Å². The van der Waals surface area contributed by atoms with Gasteiger partial charge < -0.3 is 9.72 Å². The number of carbonyl (C=O) groups is 1. The Morgan fingerprint density at radius 2 is 1.25 bits per heavy atom. The number of nitrogens with one attached hydrogen (secondary N) is 1. The summed E-state index contributed by atoms with van der Waals surface area (Å²) in [4.78, 5) is 19.0. The summed E-state index contributed by atoms with van der Waals surface area (Å²) in [5.74, 6) is 0. The molecule has 0 bridgehead atoms.